The van der Waals surface area contributed by atoms with Crippen LogP contribution in [0.3, 0.4) is 0 Å². The summed E-state index contributed by atoms with van der Waals surface area (Å²) < 4.78 is 5.06. The van der Waals surface area contributed by atoms with Gasteiger partial charge in [-0.3, -0.25) is 19.7 Å². The molecule has 1 aromatic carbocycles. The lowest BCUT2D eigenvalue weighted by Crippen LogP contribution is -2.48. The molecule has 0 heterocycles. The summed E-state index contributed by atoms with van der Waals surface area (Å²) in [6.07, 6.45) is 0.899. The van der Waals surface area contributed by atoms with Crippen molar-refractivity contribution in [2.24, 2.45) is 5.92 Å². The molecule has 0 aliphatic rings. The highest BCUT2D eigenvalue weighted by Crippen LogP contribution is 2.16. The second-order valence-corrected chi connectivity index (χ2v) is 7.98. The van der Waals surface area contributed by atoms with E-state index < -0.39 is 24.0 Å². The van der Waals surface area contributed by atoms with E-state index in [4.69, 9.17) is 9.84 Å². The second kappa shape index (κ2) is 13.2. The zero-order valence-corrected chi connectivity index (χ0v) is 18.3. The van der Waals surface area contributed by atoms with E-state index in [0.717, 1.165) is 6.42 Å². The van der Waals surface area contributed by atoms with Gasteiger partial charge in [-0.05, 0) is 31.9 Å². The van der Waals surface area contributed by atoms with Crippen LogP contribution in [0.15, 0.2) is 30.3 Å². The van der Waals surface area contributed by atoms with Gasteiger partial charge in [0, 0.05) is 23.1 Å². The quantitative estimate of drug-likeness (QED) is 0.418. The topological polar surface area (TPSA) is 105 Å². The number of amides is 1. The van der Waals surface area contributed by atoms with Crippen molar-refractivity contribution in [1.82, 2.24) is 10.6 Å². The number of carbonyl (C=O) groups is 3. The molecule has 0 aromatic heterocycles. The maximum Gasteiger partial charge on any atom is 0.324 e. The van der Waals surface area contributed by atoms with Gasteiger partial charge in [0.2, 0.25) is 0 Å². The number of nitrogens with one attached hydrogen (secondary N) is 2. The molecule has 3 N–H and O–H groups in total. The van der Waals surface area contributed by atoms with E-state index in [0.29, 0.717) is 17.1 Å². The van der Waals surface area contributed by atoms with Gasteiger partial charge in [0.25, 0.3) is 5.91 Å². The lowest BCUT2D eigenvalue weighted by molar-refractivity contribution is -0.146. The number of rotatable bonds is 13. The number of carbonyl (C=O) groups excluding carboxylic acids is 2. The molecule has 1 aromatic rings. The number of aliphatic carboxylic acids is 1. The third-order valence-electron chi connectivity index (χ3n) is 4.66. The van der Waals surface area contributed by atoms with Gasteiger partial charge in [0.1, 0.15) is 12.1 Å². The first-order chi connectivity index (χ1) is 13.8. The molecular formula is C21H32N2O5S. The highest BCUT2D eigenvalue weighted by molar-refractivity contribution is 7.99. The van der Waals surface area contributed by atoms with Crippen LogP contribution in [0.1, 0.15) is 44.5 Å². The van der Waals surface area contributed by atoms with E-state index in [1.54, 1.807) is 19.1 Å². The Morgan fingerprint density at radius 1 is 1.10 bits per heavy atom. The molecule has 7 nitrogen and oxygen atoms in total. The first-order valence-corrected chi connectivity index (χ1v) is 11.0. The lowest BCUT2D eigenvalue weighted by atomic mass is 10.0. The molecule has 4 atom stereocenters. The maximum absolute atomic E-state index is 12.5. The van der Waals surface area contributed by atoms with Crippen molar-refractivity contribution in [2.75, 3.05) is 18.1 Å². The van der Waals surface area contributed by atoms with Crippen molar-refractivity contribution in [3.05, 3.63) is 35.9 Å². The maximum atomic E-state index is 12.5. The van der Waals surface area contributed by atoms with Crippen LogP contribution >= 0.6 is 11.8 Å². The predicted octanol–water partition coefficient (Wildman–Crippen LogP) is 2.56. The van der Waals surface area contributed by atoms with Crippen LogP contribution in [0.5, 0.6) is 0 Å². The molecule has 0 fully saturated rings. The van der Waals surface area contributed by atoms with Crippen molar-refractivity contribution in [2.45, 2.75) is 52.2 Å². The normalized spacial score (nSPS) is 15.0. The molecule has 1 amide bonds. The van der Waals surface area contributed by atoms with Gasteiger partial charge in [0.15, 0.2) is 0 Å². The van der Waals surface area contributed by atoms with E-state index in [-0.39, 0.29) is 24.5 Å². The van der Waals surface area contributed by atoms with Gasteiger partial charge >= 0.3 is 11.9 Å². The summed E-state index contributed by atoms with van der Waals surface area (Å²) in [5.41, 5.74) is 0.604. The molecule has 0 bridgehead atoms. The fraction of sp³-hybridized carbons (Fsp3) is 0.571. The average Bonchev–Trinajstić information content (AvgIpc) is 2.71. The smallest absolute Gasteiger partial charge is 0.324 e. The monoisotopic (exact) mass is 424 g/mol. The van der Waals surface area contributed by atoms with E-state index in [1.165, 1.54) is 18.7 Å². The molecular weight excluding hydrogens is 392 g/mol. The van der Waals surface area contributed by atoms with Crippen LogP contribution in [0.4, 0.5) is 0 Å². The Morgan fingerprint density at radius 3 is 2.31 bits per heavy atom. The zero-order chi connectivity index (χ0) is 21.8. The van der Waals surface area contributed by atoms with Crippen LogP contribution < -0.4 is 10.6 Å². The summed E-state index contributed by atoms with van der Waals surface area (Å²) in [5.74, 6) is -0.423. The van der Waals surface area contributed by atoms with E-state index in [9.17, 15) is 14.4 Å². The fourth-order valence-electron chi connectivity index (χ4n) is 2.59. The number of esters is 1. The number of ether oxygens (including phenoxy) is 1. The summed E-state index contributed by atoms with van der Waals surface area (Å²) >= 11 is 1.49. The highest BCUT2D eigenvalue weighted by Gasteiger charge is 2.26. The number of hydrogen-bond donors (Lipinski definition) is 3. The van der Waals surface area contributed by atoms with Gasteiger partial charge in [-0.25, -0.2) is 0 Å². The minimum absolute atomic E-state index is 0.0718. The highest BCUT2D eigenvalue weighted by atomic mass is 32.2. The molecule has 8 heteroatoms. The van der Waals surface area contributed by atoms with Gasteiger partial charge in [-0.15, -0.1) is 0 Å². The summed E-state index contributed by atoms with van der Waals surface area (Å²) in [6.45, 7) is 7.56. The molecule has 162 valence electrons. The molecule has 3 unspecified atom stereocenters. The Hall–Kier alpha value is -2.06. The summed E-state index contributed by atoms with van der Waals surface area (Å²) in [7, 11) is 0. The standard InChI is InChI=1S/C21H32N2O5S/c1-5-14(3)17(23-19(24)16-10-8-7-9-11-16)12-29-13-18(21(27)28-6-2)22-15(4)20(25)26/h7-11,14-15,17-18,22H,5-6,12-13H2,1-4H3,(H,23,24)(H,25,26)/t14?,15?,17?,18-/m0/s1. The third-order valence-corrected chi connectivity index (χ3v) is 5.82. The van der Waals surface area contributed by atoms with E-state index in [1.807, 2.05) is 18.2 Å². The molecule has 29 heavy (non-hydrogen) atoms. The van der Waals surface area contributed by atoms with Crippen molar-refractivity contribution in [3.63, 3.8) is 0 Å². The van der Waals surface area contributed by atoms with Crippen molar-refractivity contribution in [1.29, 1.82) is 0 Å². The number of carboxylic acids is 1. The van der Waals surface area contributed by atoms with E-state index >= 15 is 0 Å². The Balaban J connectivity index is 2.71. The fourth-order valence-corrected chi connectivity index (χ4v) is 3.86. The molecule has 1 rings (SSSR count). The Labute approximate surface area is 177 Å². The van der Waals surface area contributed by atoms with Crippen LogP contribution in [0, 0.1) is 5.92 Å². The van der Waals surface area contributed by atoms with Crippen LogP contribution in [-0.4, -0.2) is 59.2 Å². The van der Waals surface area contributed by atoms with E-state index in [2.05, 4.69) is 24.5 Å². The van der Waals surface area contributed by atoms with Crippen molar-refractivity contribution in [3.8, 4) is 0 Å². The minimum atomic E-state index is -1.03. The molecule has 0 aliphatic heterocycles. The lowest BCUT2D eigenvalue weighted by Gasteiger charge is -2.25. The molecule has 0 saturated heterocycles. The Morgan fingerprint density at radius 2 is 1.76 bits per heavy atom. The van der Waals surface area contributed by atoms with Gasteiger partial charge < -0.3 is 15.2 Å². The van der Waals surface area contributed by atoms with Gasteiger partial charge in [-0.2, -0.15) is 11.8 Å². The Kier molecular flexibility index (Phi) is 11.4. The summed E-state index contributed by atoms with van der Waals surface area (Å²) in [6, 6.07) is 7.37. The van der Waals surface area contributed by atoms with Crippen LogP contribution in [-0.2, 0) is 14.3 Å². The predicted molar refractivity (Wildman–Crippen MR) is 115 cm³/mol. The SMILES string of the molecule is CCOC(=O)[C@H](CSCC(NC(=O)c1ccccc1)C(C)CC)NC(C)C(=O)O. The molecule has 0 saturated carbocycles. The van der Waals surface area contributed by atoms with Crippen LogP contribution in [0.2, 0.25) is 0 Å². The van der Waals surface area contributed by atoms with Crippen molar-refractivity contribution < 1.29 is 24.2 Å². The summed E-state index contributed by atoms with van der Waals surface area (Å²) in [5, 5.41) is 15.0. The molecule has 0 radical (unpaired) electrons. The largest absolute Gasteiger partial charge is 0.480 e. The minimum Gasteiger partial charge on any atom is -0.480 e. The number of hydrogen-bond acceptors (Lipinski definition) is 6. The Bertz CT molecular complexity index is 656. The van der Waals surface area contributed by atoms with Gasteiger partial charge in [0.05, 0.1) is 6.61 Å². The number of thioether (sulfide) groups is 1. The number of carboxylic acid groups (broad SMARTS) is 1. The van der Waals surface area contributed by atoms with Crippen molar-refractivity contribution >= 4 is 29.6 Å². The first kappa shape index (κ1) is 25.0. The number of benzene rings is 1. The zero-order valence-electron chi connectivity index (χ0n) is 17.5. The first-order valence-electron chi connectivity index (χ1n) is 9.89. The van der Waals surface area contributed by atoms with Crippen LogP contribution in [0.25, 0.3) is 0 Å². The average molecular weight is 425 g/mol. The second-order valence-electron chi connectivity index (χ2n) is 6.90. The molecule has 0 aliphatic carbocycles. The third kappa shape index (κ3) is 8.87. The molecule has 0 spiro atoms. The summed E-state index contributed by atoms with van der Waals surface area (Å²) in [4.78, 5) is 35.8. The van der Waals surface area contributed by atoms with Gasteiger partial charge in [-0.1, -0.05) is 38.5 Å².